The smallest absolute Gasteiger partial charge is 0.0895 e. The van der Waals surface area contributed by atoms with E-state index in [1.165, 1.54) is 19.3 Å². The third-order valence-corrected chi connectivity index (χ3v) is 5.40. The molecule has 0 aromatic rings. The minimum Gasteiger partial charge on any atom is -0.369 e. The minimum absolute atomic E-state index is 0.589. The van der Waals surface area contributed by atoms with Gasteiger partial charge in [-0.3, -0.25) is 0 Å². The van der Waals surface area contributed by atoms with Crippen LogP contribution in [0, 0.1) is 23.2 Å². The normalized spacial score (nSPS) is 64.5. The van der Waals surface area contributed by atoms with Gasteiger partial charge in [0.1, 0.15) is 0 Å². The Kier molecular flexibility index (Phi) is 1.38. The van der Waals surface area contributed by atoms with E-state index in [0.717, 1.165) is 17.8 Å². The first kappa shape index (κ1) is 8.15. The van der Waals surface area contributed by atoms with E-state index in [1.807, 2.05) is 0 Å². The fraction of sp³-hybridized carbons (Fsp3) is 1.00. The Hall–Kier alpha value is -0.0400. The van der Waals surface area contributed by atoms with E-state index < -0.39 is 0 Å². The summed E-state index contributed by atoms with van der Waals surface area (Å²) in [7, 11) is 0. The maximum Gasteiger partial charge on any atom is 0.0895 e. The fourth-order valence-corrected chi connectivity index (χ4v) is 5.35. The van der Waals surface area contributed by atoms with Crippen molar-refractivity contribution in [2.75, 3.05) is 0 Å². The monoisotopic (exact) mass is 192 g/mol. The number of epoxide rings is 1. The first-order chi connectivity index (χ1) is 6.75. The number of ether oxygens (including phenoxy) is 1. The van der Waals surface area contributed by atoms with Crippen LogP contribution in [0.15, 0.2) is 0 Å². The van der Waals surface area contributed by atoms with Crippen LogP contribution >= 0.6 is 0 Å². The first-order valence-electron chi connectivity index (χ1n) is 6.41. The molecule has 5 rings (SSSR count). The molecule has 1 aliphatic heterocycles. The van der Waals surface area contributed by atoms with Crippen LogP contribution in [0.1, 0.15) is 45.4 Å². The number of rotatable bonds is 1. The van der Waals surface area contributed by atoms with Crippen LogP contribution in [0.25, 0.3) is 0 Å². The van der Waals surface area contributed by atoms with Crippen LogP contribution in [-0.2, 0) is 4.74 Å². The standard InChI is InChI=1S/C13H20O/c1-8-12(14-8)13-5-9-2-10(6-13)4-11(3-9)7-13/h8-12H,2-7H2,1H3. The van der Waals surface area contributed by atoms with Crippen molar-refractivity contribution >= 4 is 0 Å². The second-order valence-electron chi connectivity index (χ2n) is 6.54. The van der Waals surface area contributed by atoms with Crippen molar-refractivity contribution in [1.29, 1.82) is 0 Å². The molecule has 0 radical (unpaired) electrons. The highest BCUT2D eigenvalue weighted by atomic mass is 16.6. The molecule has 0 spiro atoms. The van der Waals surface area contributed by atoms with Gasteiger partial charge >= 0.3 is 0 Å². The lowest BCUT2D eigenvalue weighted by Gasteiger charge is -2.56. The predicted molar refractivity (Wildman–Crippen MR) is 54.9 cm³/mol. The second kappa shape index (κ2) is 2.37. The maximum absolute atomic E-state index is 5.80. The molecule has 5 fully saturated rings. The summed E-state index contributed by atoms with van der Waals surface area (Å²) in [6, 6.07) is 0. The van der Waals surface area contributed by atoms with E-state index in [0.29, 0.717) is 17.6 Å². The molecule has 1 heteroatoms. The van der Waals surface area contributed by atoms with Crippen LogP contribution in [0.4, 0.5) is 0 Å². The Labute approximate surface area is 86.2 Å². The van der Waals surface area contributed by atoms with Gasteiger partial charge in [-0.05, 0) is 68.6 Å². The lowest BCUT2D eigenvalue weighted by molar-refractivity contribution is -0.0669. The van der Waals surface area contributed by atoms with Crippen LogP contribution in [0.5, 0.6) is 0 Å². The van der Waals surface area contributed by atoms with E-state index in [2.05, 4.69) is 6.92 Å². The average molecular weight is 192 g/mol. The summed E-state index contributed by atoms with van der Waals surface area (Å²) in [6.45, 7) is 2.27. The first-order valence-corrected chi connectivity index (χ1v) is 6.41. The molecule has 0 amide bonds. The van der Waals surface area contributed by atoms with Crippen molar-refractivity contribution in [2.24, 2.45) is 23.2 Å². The highest BCUT2D eigenvalue weighted by Crippen LogP contribution is 2.64. The third-order valence-electron chi connectivity index (χ3n) is 5.40. The van der Waals surface area contributed by atoms with E-state index >= 15 is 0 Å². The molecule has 4 bridgehead atoms. The van der Waals surface area contributed by atoms with Crippen LogP contribution in [0.3, 0.4) is 0 Å². The molecule has 0 aromatic heterocycles. The van der Waals surface area contributed by atoms with E-state index in [4.69, 9.17) is 4.74 Å². The molecule has 78 valence electrons. The Balaban J connectivity index is 1.68. The van der Waals surface area contributed by atoms with Crippen LogP contribution in [0.2, 0.25) is 0 Å². The minimum atomic E-state index is 0.589. The molecule has 4 saturated carbocycles. The summed E-state index contributed by atoms with van der Waals surface area (Å²) in [5.74, 6) is 3.24. The fourth-order valence-electron chi connectivity index (χ4n) is 5.35. The molecule has 2 atom stereocenters. The Morgan fingerprint density at radius 2 is 1.36 bits per heavy atom. The van der Waals surface area contributed by atoms with Gasteiger partial charge in [0.05, 0.1) is 12.2 Å². The molecule has 1 saturated heterocycles. The van der Waals surface area contributed by atoms with Crippen LogP contribution in [-0.4, -0.2) is 12.2 Å². The molecular formula is C13H20O. The summed E-state index contributed by atoms with van der Waals surface area (Å²) in [6.07, 6.45) is 10.4. The Bertz CT molecular complexity index is 235. The Morgan fingerprint density at radius 1 is 0.929 bits per heavy atom. The van der Waals surface area contributed by atoms with E-state index in [1.54, 1.807) is 19.3 Å². The summed E-state index contributed by atoms with van der Waals surface area (Å²) in [4.78, 5) is 0. The second-order valence-corrected chi connectivity index (χ2v) is 6.54. The lowest BCUT2D eigenvalue weighted by atomic mass is 9.48. The predicted octanol–water partition coefficient (Wildman–Crippen LogP) is 2.99. The maximum atomic E-state index is 5.80. The molecule has 1 nitrogen and oxygen atoms in total. The van der Waals surface area contributed by atoms with Gasteiger partial charge in [-0.2, -0.15) is 0 Å². The summed E-state index contributed by atoms with van der Waals surface area (Å²) in [5, 5.41) is 0. The van der Waals surface area contributed by atoms with Crippen molar-refractivity contribution in [2.45, 2.75) is 57.7 Å². The summed E-state index contributed by atoms with van der Waals surface area (Å²) < 4.78 is 5.80. The average Bonchev–Trinajstić information content (AvgIpc) is 2.80. The van der Waals surface area contributed by atoms with Gasteiger partial charge in [-0.1, -0.05) is 0 Å². The Morgan fingerprint density at radius 3 is 1.71 bits per heavy atom. The van der Waals surface area contributed by atoms with Gasteiger partial charge in [0.2, 0.25) is 0 Å². The summed E-state index contributed by atoms with van der Waals surface area (Å²) >= 11 is 0. The lowest BCUT2D eigenvalue weighted by Crippen LogP contribution is -2.49. The van der Waals surface area contributed by atoms with Gasteiger partial charge in [0.25, 0.3) is 0 Å². The quantitative estimate of drug-likeness (QED) is 0.582. The molecule has 1 heterocycles. The van der Waals surface area contributed by atoms with Crippen molar-refractivity contribution < 1.29 is 4.74 Å². The topological polar surface area (TPSA) is 12.5 Å². The van der Waals surface area contributed by atoms with Gasteiger partial charge < -0.3 is 4.74 Å². The number of hydrogen-bond acceptors (Lipinski definition) is 1. The molecular weight excluding hydrogens is 172 g/mol. The highest BCUT2D eigenvalue weighted by Gasteiger charge is 2.60. The van der Waals surface area contributed by atoms with Gasteiger partial charge in [0.15, 0.2) is 0 Å². The molecule has 4 aliphatic carbocycles. The van der Waals surface area contributed by atoms with Gasteiger partial charge in [-0.25, -0.2) is 0 Å². The summed E-state index contributed by atoms with van der Waals surface area (Å²) in [5.41, 5.74) is 0.661. The molecule has 5 aliphatic rings. The molecule has 0 aromatic carbocycles. The zero-order valence-electron chi connectivity index (χ0n) is 9.04. The van der Waals surface area contributed by atoms with Crippen molar-refractivity contribution in [3.05, 3.63) is 0 Å². The van der Waals surface area contributed by atoms with Crippen molar-refractivity contribution in [3.8, 4) is 0 Å². The molecule has 0 N–H and O–H groups in total. The van der Waals surface area contributed by atoms with E-state index in [9.17, 15) is 0 Å². The zero-order chi connectivity index (χ0) is 9.34. The molecule has 2 unspecified atom stereocenters. The zero-order valence-corrected chi connectivity index (χ0v) is 9.04. The largest absolute Gasteiger partial charge is 0.369 e. The van der Waals surface area contributed by atoms with Gasteiger partial charge in [-0.15, -0.1) is 0 Å². The highest BCUT2D eigenvalue weighted by molar-refractivity contribution is 5.09. The SMILES string of the molecule is CC1OC1C12CC3CC(CC(C3)C1)C2. The van der Waals surface area contributed by atoms with Crippen LogP contribution < -0.4 is 0 Å². The van der Waals surface area contributed by atoms with Crippen molar-refractivity contribution in [3.63, 3.8) is 0 Å². The molecule has 14 heavy (non-hydrogen) atoms. The third kappa shape index (κ3) is 0.946. The van der Waals surface area contributed by atoms with Crippen molar-refractivity contribution in [1.82, 2.24) is 0 Å². The number of hydrogen-bond donors (Lipinski definition) is 0. The van der Waals surface area contributed by atoms with Gasteiger partial charge in [0, 0.05) is 0 Å². The van der Waals surface area contributed by atoms with E-state index in [-0.39, 0.29) is 0 Å².